The van der Waals surface area contributed by atoms with Gasteiger partial charge in [-0.05, 0) is 34.7 Å². The number of nitriles is 1. The van der Waals surface area contributed by atoms with Crippen LogP contribution in [0.2, 0.25) is 0 Å². The average Bonchev–Trinajstić information content (AvgIpc) is 2.18. The zero-order chi connectivity index (χ0) is 10.7. The molecule has 0 saturated carbocycles. The molecule has 0 bridgehead atoms. The van der Waals surface area contributed by atoms with E-state index in [-0.39, 0.29) is 22.2 Å². The predicted octanol–water partition coefficient (Wildman–Crippen LogP) is 2.88. The van der Waals surface area contributed by atoms with Gasteiger partial charge in [0.25, 0.3) is 0 Å². The summed E-state index contributed by atoms with van der Waals surface area (Å²) in [6.45, 7) is 0. The number of halogens is 3. The SMILES string of the molecule is N#Cc1c(I)ccc(C(=O)CBr)c1F. The number of carbonyl (C=O) groups is 1. The topological polar surface area (TPSA) is 40.9 Å². The Hall–Kier alpha value is -0.480. The highest BCUT2D eigenvalue weighted by molar-refractivity contribution is 14.1. The smallest absolute Gasteiger partial charge is 0.176 e. The number of alkyl halides is 1. The van der Waals surface area contributed by atoms with Gasteiger partial charge in [0, 0.05) is 3.57 Å². The van der Waals surface area contributed by atoms with Gasteiger partial charge in [0.1, 0.15) is 11.6 Å². The minimum absolute atomic E-state index is 0.0427. The molecule has 0 N–H and O–H groups in total. The number of Topliss-reactive ketones (excluding diaryl/α,β-unsaturated/α-hetero) is 1. The zero-order valence-corrected chi connectivity index (χ0v) is 10.6. The quantitative estimate of drug-likeness (QED) is 0.458. The molecule has 0 aliphatic heterocycles. The van der Waals surface area contributed by atoms with Gasteiger partial charge < -0.3 is 0 Å². The number of hydrogen-bond donors (Lipinski definition) is 0. The first kappa shape index (κ1) is 11.6. The van der Waals surface area contributed by atoms with Gasteiger partial charge in [-0.2, -0.15) is 5.26 Å². The van der Waals surface area contributed by atoms with Gasteiger partial charge in [-0.25, -0.2) is 4.39 Å². The Morgan fingerprint density at radius 1 is 1.64 bits per heavy atom. The van der Waals surface area contributed by atoms with Crippen LogP contribution in [0.3, 0.4) is 0 Å². The maximum atomic E-state index is 13.5. The number of nitrogens with zero attached hydrogens (tertiary/aromatic N) is 1. The fraction of sp³-hybridized carbons (Fsp3) is 0.111. The highest BCUT2D eigenvalue weighted by atomic mass is 127. The third kappa shape index (κ3) is 2.12. The molecule has 0 radical (unpaired) electrons. The van der Waals surface area contributed by atoms with Crippen LogP contribution in [-0.4, -0.2) is 11.1 Å². The molecule has 0 aliphatic rings. The van der Waals surface area contributed by atoms with E-state index in [1.54, 1.807) is 12.1 Å². The highest BCUT2D eigenvalue weighted by Crippen LogP contribution is 2.19. The van der Waals surface area contributed by atoms with Crippen molar-refractivity contribution >= 4 is 44.3 Å². The third-order valence-corrected chi connectivity index (χ3v) is 3.03. The molecule has 1 rings (SSSR count). The van der Waals surface area contributed by atoms with Crippen molar-refractivity contribution in [2.75, 3.05) is 5.33 Å². The Kier molecular flexibility index (Phi) is 4.01. The Balaban J connectivity index is 3.37. The summed E-state index contributed by atoms with van der Waals surface area (Å²) >= 11 is 4.80. The molecule has 0 unspecified atom stereocenters. The second-order valence-electron chi connectivity index (χ2n) is 2.45. The monoisotopic (exact) mass is 367 g/mol. The van der Waals surface area contributed by atoms with E-state index in [0.29, 0.717) is 3.57 Å². The molecule has 0 aromatic heterocycles. The molecular formula is C9H4BrFINO. The van der Waals surface area contributed by atoms with Crippen LogP contribution in [0.4, 0.5) is 4.39 Å². The summed E-state index contributed by atoms with van der Waals surface area (Å²) in [7, 11) is 0. The summed E-state index contributed by atoms with van der Waals surface area (Å²) in [5, 5.41) is 8.71. The number of carbonyl (C=O) groups excluding carboxylic acids is 1. The molecule has 1 aromatic rings. The fourth-order valence-corrected chi connectivity index (χ4v) is 1.78. The molecule has 0 aliphatic carbocycles. The summed E-state index contributed by atoms with van der Waals surface area (Å²) in [6.07, 6.45) is 0. The molecule has 0 saturated heterocycles. The lowest BCUT2D eigenvalue weighted by molar-refractivity contribution is 0.102. The standard InChI is InChI=1S/C9H4BrFINO/c10-3-8(14)5-1-2-7(12)6(4-13)9(5)11/h1-2H,3H2. The van der Waals surface area contributed by atoms with Crippen molar-refractivity contribution in [3.05, 3.63) is 32.6 Å². The van der Waals surface area contributed by atoms with Crippen molar-refractivity contribution in [2.45, 2.75) is 0 Å². The number of rotatable bonds is 2. The summed E-state index contributed by atoms with van der Waals surface area (Å²) < 4.78 is 14.0. The Morgan fingerprint density at radius 3 is 2.79 bits per heavy atom. The molecule has 0 amide bonds. The van der Waals surface area contributed by atoms with Crippen molar-refractivity contribution < 1.29 is 9.18 Å². The van der Waals surface area contributed by atoms with E-state index in [2.05, 4.69) is 15.9 Å². The summed E-state index contributed by atoms with van der Waals surface area (Å²) in [4.78, 5) is 11.2. The summed E-state index contributed by atoms with van der Waals surface area (Å²) in [6, 6.07) is 4.68. The Labute approximate surface area is 102 Å². The zero-order valence-electron chi connectivity index (χ0n) is 6.85. The number of benzene rings is 1. The van der Waals surface area contributed by atoms with E-state index in [9.17, 15) is 9.18 Å². The van der Waals surface area contributed by atoms with E-state index < -0.39 is 5.82 Å². The van der Waals surface area contributed by atoms with Gasteiger partial charge in [0.15, 0.2) is 11.6 Å². The van der Waals surface area contributed by atoms with Gasteiger partial charge in [-0.1, -0.05) is 15.9 Å². The Morgan fingerprint density at radius 2 is 2.29 bits per heavy atom. The predicted molar refractivity (Wildman–Crippen MR) is 62.0 cm³/mol. The second kappa shape index (κ2) is 4.84. The van der Waals surface area contributed by atoms with Crippen LogP contribution >= 0.6 is 38.5 Å². The van der Waals surface area contributed by atoms with Crippen LogP contribution in [0.1, 0.15) is 15.9 Å². The van der Waals surface area contributed by atoms with Gasteiger partial charge in [-0.3, -0.25) is 4.79 Å². The minimum Gasteiger partial charge on any atom is -0.293 e. The average molecular weight is 368 g/mol. The fourth-order valence-electron chi connectivity index (χ4n) is 0.942. The van der Waals surface area contributed by atoms with Crippen LogP contribution in [0.5, 0.6) is 0 Å². The van der Waals surface area contributed by atoms with Crippen molar-refractivity contribution in [1.82, 2.24) is 0 Å². The van der Waals surface area contributed by atoms with E-state index in [1.807, 2.05) is 22.6 Å². The van der Waals surface area contributed by atoms with Gasteiger partial charge in [-0.15, -0.1) is 0 Å². The molecule has 1 aromatic carbocycles. The van der Waals surface area contributed by atoms with Gasteiger partial charge in [0.05, 0.1) is 10.9 Å². The van der Waals surface area contributed by atoms with E-state index >= 15 is 0 Å². The van der Waals surface area contributed by atoms with E-state index in [4.69, 9.17) is 5.26 Å². The molecule has 0 heterocycles. The molecule has 5 heteroatoms. The first-order chi connectivity index (χ1) is 6.61. The van der Waals surface area contributed by atoms with Crippen LogP contribution in [0.25, 0.3) is 0 Å². The third-order valence-electron chi connectivity index (χ3n) is 1.62. The van der Waals surface area contributed by atoms with Gasteiger partial charge in [0.2, 0.25) is 0 Å². The summed E-state index contributed by atoms with van der Waals surface area (Å²) in [5.41, 5.74) is -0.115. The molecular weight excluding hydrogens is 364 g/mol. The molecule has 2 nitrogen and oxygen atoms in total. The Bertz CT molecular complexity index is 428. The molecule has 0 spiro atoms. The van der Waals surface area contributed by atoms with Crippen molar-refractivity contribution in [3.63, 3.8) is 0 Å². The van der Waals surface area contributed by atoms with E-state index in [1.165, 1.54) is 6.07 Å². The van der Waals surface area contributed by atoms with Gasteiger partial charge >= 0.3 is 0 Å². The lowest BCUT2D eigenvalue weighted by atomic mass is 10.1. The summed E-state index contributed by atoms with van der Waals surface area (Å²) in [5.74, 6) is -1.10. The molecule has 72 valence electrons. The maximum absolute atomic E-state index is 13.5. The van der Waals surface area contributed by atoms with Crippen molar-refractivity contribution in [2.24, 2.45) is 0 Å². The molecule has 14 heavy (non-hydrogen) atoms. The minimum atomic E-state index is -0.733. The van der Waals surface area contributed by atoms with Crippen molar-refractivity contribution in [3.8, 4) is 6.07 Å². The lowest BCUT2D eigenvalue weighted by Crippen LogP contribution is -2.06. The van der Waals surface area contributed by atoms with Crippen LogP contribution in [-0.2, 0) is 0 Å². The normalized spacial score (nSPS) is 9.57. The van der Waals surface area contributed by atoms with Crippen LogP contribution < -0.4 is 0 Å². The molecule has 0 fully saturated rings. The van der Waals surface area contributed by atoms with Crippen LogP contribution in [0.15, 0.2) is 12.1 Å². The lowest BCUT2D eigenvalue weighted by Gasteiger charge is -2.02. The van der Waals surface area contributed by atoms with Crippen LogP contribution in [0, 0.1) is 20.7 Å². The highest BCUT2D eigenvalue weighted by Gasteiger charge is 2.16. The largest absolute Gasteiger partial charge is 0.293 e. The maximum Gasteiger partial charge on any atom is 0.176 e. The first-order valence-electron chi connectivity index (χ1n) is 3.59. The first-order valence-corrected chi connectivity index (χ1v) is 5.79. The second-order valence-corrected chi connectivity index (χ2v) is 4.18. The van der Waals surface area contributed by atoms with Crippen molar-refractivity contribution in [1.29, 1.82) is 5.26 Å². The van der Waals surface area contributed by atoms with E-state index in [0.717, 1.165) is 0 Å². The number of ketones is 1. The number of hydrogen-bond acceptors (Lipinski definition) is 2. The molecule has 0 atom stereocenters.